The molecular weight excluding hydrogens is 374 g/mol. The molecular formula is C26H27NO3. The van der Waals surface area contributed by atoms with Gasteiger partial charge < -0.3 is 10.1 Å². The predicted octanol–water partition coefficient (Wildman–Crippen LogP) is 5.64. The Morgan fingerprint density at radius 3 is 1.77 bits per heavy atom. The molecule has 0 aliphatic carbocycles. The van der Waals surface area contributed by atoms with Gasteiger partial charge in [-0.1, -0.05) is 59.7 Å². The zero-order chi connectivity index (χ0) is 21.5. The summed E-state index contributed by atoms with van der Waals surface area (Å²) in [4.78, 5) is 24.6. The molecule has 3 aromatic rings. The average molecular weight is 402 g/mol. The van der Waals surface area contributed by atoms with E-state index in [4.69, 9.17) is 4.74 Å². The molecule has 4 heteroatoms. The van der Waals surface area contributed by atoms with Crippen molar-refractivity contribution in [2.45, 2.75) is 33.1 Å². The van der Waals surface area contributed by atoms with Gasteiger partial charge in [0.05, 0.1) is 12.2 Å². The van der Waals surface area contributed by atoms with Crippen LogP contribution in [0.1, 0.15) is 51.9 Å². The molecule has 0 unspecified atom stereocenters. The fraction of sp³-hybridized carbons (Fsp3) is 0.231. The molecule has 1 N–H and O–H groups in total. The van der Waals surface area contributed by atoms with Crippen LogP contribution in [0.2, 0.25) is 0 Å². The molecule has 4 nitrogen and oxygen atoms in total. The lowest BCUT2D eigenvalue weighted by molar-refractivity contribution is -0.116. The average Bonchev–Trinajstić information content (AvgIpc) is 2.74. The Balaban J connectivity index is 1.75. The van der Waals surface area contributed by atoms with Crippen LogP contribution in [0.4, 0.5) is 5.69 Å². The minimum Gasteiger partial charge on any atom is -0.462 e. The molecule has 0 spiro atoms. The molecule has 3 aromatic carbocycles. The van der Waals surface area contributed by atoms with Gasteiger partial charge in [0, 0.05) is 18.0 Å². The van der Waals surface area contributed by atoms with Gasteiger partial charge in [0.1, 0.15) is 0 Å². The van der Waals surface area contributed by atoms with Crippen molar-refractivity contribution in [3.8, 4) is 0 Å². The second-order valence-corrected chi connectivity index (χ2v) is 7.42. The van der Waals surface area contributed by atoms with Crippen LogP contribution < -0.4 is 5.32 Å². The van der Waals surface area contributed by atoms with E-state index in [1.165, 1.54) is 11.1 Å². The molecule has 0 saturated carbocycles. The molecule has 0 heterocycles. The van der Waals surface area contributed by atoms with E-state index >= 15 is 0 Å². The van der Waals surface area contributed by atoms with Crippen molar-refractivity contribution in [1.29, 1.82) is 0 Å². The predicted molar refractivity (Wildman–Crippen MR) is 120 cm³/mol. The Morgan fingerprint density at radius 2 is 1.30 bits per heavy atom. The monoisotopic (exact) mass is 401 g/mol. The van der Waals surface area contributed by atoms with Gasteiger partial charge in [0.15, 0.2) is 0 Å². The van der Waals surface area contributed by atoms with E-state index in [1.807, 2.05) is 0 Å². The lowest BCUT2D eigenvalue weighted by atomic mass is 9.87. The van der Waals surface area contributed by atoms with E-state index in [-0.39, 0.29) is 17.8 Å². The summed E-state index contributed by atoms with van der Waals surface area (Å²) >= 11 is 0. The van der Waals surface area contributed by atoms with Crippen LogP contribution in [-0.2, 0) is 9.53 Å². The van der Waals surface area contributed by atoms with Gasteiger partial charge in [-0.05, 0) is 56.2 Å². The standard InChI is InChI=1S/C26H27NO3/c1-4-30-26(29)22-13-15-23(16-14-22)27-25(28)17-24(20-9-5-18(2)6-10-20)21-11-7-19(3)8-12-21/h5-16,24H,4,17H2,1-3H3,(H,27,28). The van der Waals surface area contributed by atoms with Crippen LogP contribution in [0.3, 0.4) is 0 Å². The third kappa shape index (κ3) is 5.57. The van der Waals surface area contributed by atoms with Gasteiger partial charge in [-0.3, -0.25) is 4.79 Å². The van der Waals surface area contributed by atoms with E-state index in [1.54, 1.807) is 31.2 Å². The van der Waals surface area contributed by atoms with Crippen molar-refractivity contribution < 1.29 is 14.3 Å². The first-order chi connectivity index (χ1) is 14.5. The summed E-state index contributed by atoms with van der Waals surface area (Å²) < 4.78 is 4.99. The Labute approximate surface area is 177 Å². The van der Waals surface area contributed by atoms with E-state index < -0.39 is 0 Å². The van der Waals surface area contributed by atoms with Crippen LogP contribution in [0.25, 0.3) is 0 Å². The molecule has 1 amide bonds. The first-order valence-corrected chi connectivity index (χ1v) is 10.2. The first-order valence-electron chi connectivity index (χ1n) is 10.2. The smallest absolute Gasteiger partial charge is 0.338 e. The number of aryl methyl sites for hydroxylation is 2. The number of hydrogen-bond acceptors (Lipinski definition) is 3. The minimum absolute atomic E-state index is 0.0370. The third-order valence-corrected chi connectivity index (χ3v) is 5.03. The van der Waals surface area contributed by atoms with Crippen molar-refractivity contribution in [1.82, 2.24) is 0 Å². The summed E-state index contributed by atoms with van der Waals surface area (Å²) in [5.74, 6) is -0.482. The Bertz CT molecular complexity index is 944. The Morgan fingerprint density at radius 1 is 0.800 bits per heavy atom. The number of amides is 1. The van der Waals surface area contributed by atoms with E-state index in [0.29, 0.717) is 24.3 Å². The molecule has 30 heavy (non-hydrogen) atoms. The van der Waals surface area contributed by atoms with Crippen LogP contribution >= 0.6 is 0 Å². The van der Waals surface area contributed by atoms with Crippen LogP contribution in [-0.4, -0.2) is 18.5 Å². The number of hydrogen-bond donors (Lipinski definition) is 1. The number of nitrogens with one attached hydrogen (secondary N) is 1. The highest BCUT2D eigenvalue weighted by atomic mass is 16.5. The molecule has 0 aliphatic heterocycles. The van der Waals surface area contributed by atoms with Crippen molar-refractivity contribution in [2.24, 2.45) is 0 Å². The van der Waals surface area contributed by atoms with Gasteiger partial charge in [-0.15, -0.1) is 0 Å². The molecule has 0 atom stereocenters. The molecule has 0 saturated heterocycles. The highest BCUT2D eigenvalue weighted by Crippen LogP contribution is 2.29. The third-order valence-electron chi connectivity index (χ3n) is 5.03. The van der Waals surface area contributed by atoms with Crippen molar-refractivity contribution in [3.63, 3.8) is 0 Å². The number of anilines is 1. The minimum atomic E-state index is -0.366. The topological polar surface area (TPSA) is 55.4 Å². The molecule has 3 rings (SSSR count). The van der Waals surface area contributed by atoms with Gasteiger partial charge in [0.2, 0.25) is 5.91 Å². The van der Waals surface area contributed by atoms with Crippen molar-refractivity contribution >= 4 is 17.6 Å². The normalized spacial score (nSPS) is 10.7. The van der Waals surface area contributed by atoms with Crippen LogP contribution in [0.15, 0.2) is 72.8 Å². The number of carbonyl (C=O) groups excluding carboxylic acids is 2. The van der Waals surface area contributed by atoms with E-state index in [0.717, 1.165) is 11.1 Å². The Hall–Kier alpha value is -3.40. The van der Waals surface area contributed by atoms with Crippen molar-refractivity contribution in [3.05, 3.63) is 101 Å². The van der Waals surface area contributed by atoms with Gasteiger partial charge in [-0.25, -0.2) is 4.79 Å². The second kappa shape index (κ2) is 9.88. The first kappa shape index (κ1) is 21.3. The highest BCUT2D eigenvalue weighted by Gasteiger charge is 2.18. The summed E-state index contributed by atoms with van der Waals surface area (Å²) in [6, 6.07) is 23.4. The maximum Gasteiger partial charge on any atom is 0.338 e. The zero-order valence-corrected chi connectivity index (χ0v) is 17.6. The lowest BCUT2D eigenvalue weighted by Crippen LogP contribution is -2.16. The lowest BCUT2D eigenvalue weighted by Gasteiger charge is -2.18. The molecule has 0 radical (unpaired) electrons. The van der Waals surface area contributed by atoms with Gasteiger partial charge in [0.25, 0.3) is 0 Å². The number of benzene rings is 3. The SMILES string of the molecule is CCOC(=O)c1ccc(NC(=O)CC(c2ccc(C)cc2)c2ccc(C)cc2)cc1. The van der Waals surface area contributed by atoms with E-state index in [9.17, 15) is 9.59 Å². The van der Waals surface area contributed by atoms with Gasteiger partial charge >= 0.3 is 5.97 Å². The maximum absolute atomic E-state index is 12.8. The Kier molecular flexibility index (Phi) is 7.02. The fourth-order valence-electron chi connectivity index (χ4n) is 3.33. The molecule has 0 fully saturated rings. The van der Waals surface area contributed by atoms with Crippen LogP contribution in [0.5, 0.6) is 0 Å². The largest absolute Gasteiger partial charge is 0.462 e. The quantitative estimate of drug-likeness (QED) is 0.521. The summed E-state index contributed by atoms with van der Waals surface area (Å²) in [6.45, 7) is 6.20. The molecule has 0 aromatic heterocycles. The molecule has 0 aliphatic rings. The number of esters is 1. The maximum atomic E-state index is 12.8. The van der Waals surface area contributed by atoms with E-state index in [2.05, 4.69) is 67.7 Å². The summed E-state index contributed by atoms with van der Waals surface area (Å²) in [5, 5.41) is 2.94. The van der Waals surface area contributed by atoms with Gasteiger partial charge in [-0.2, -0.15) is 0 Å². The fourth-order valence-corrected chi connectivity index (χ4v) is 3.33. The molecule has 0 bridgehead atoms. The number of carbonyl (C=O) groups is 2. The number of ether oxygens (including phenoxy) is 1. The summed E-state index contributed by atoms with van der Waals surface area (Å²) in [5.41, 5.74) is 5.71. The summed E-state index contributed by atoms with van der Waals surface area (Å²) in [6.07, 6.45) is 0.325. The second-order valence-electron chi connectivity index (χ2n) is 7.42. The van der Waals surface area contributed by atoms with Crippen molar-refractivity contribution in [2.75, 3.05) is 11.9 Å². The van der Waals surface area contributed by atoms with Crippen LogP contribution in [0, 0.1) is 13.8 Å². The zero-order valence-electron chi connectivity index (χ0n) is 17.6. The highest BCUT2D eigenvalue weighted by molar-refractivity contribution is 5.93. The summed E-state index contributed by atoms with van der Waals surface area (Å²) in [7, 11) is 0. The molecule has 154 valence electrons. The number of rotatable bonds is 7.